The van der Waals surface area contributed by atoms with E-state index in [4.69, 9.17) is 0 Å². The van der Waals surface area contributed by atoms with Gasteiger partial charge in [0.2, 0.25) is 5.91 Å². The van der Waals surface area contributed by atoms with Crippen LogP contribution in [-0.4, -0.2) is 74.5 Å². The standard InChI is InChI=1S/C16H31N5O/c1-5-10-18-16(17-6-2)19-11-8-13-21-12-7-9-14(21)15(22)20(3)4/h5,14H,1,6-13H2,2-4H3,(H2,17,18,19). The summed E-state index contributed by atoms with van der Waals surface area (Å²) in [5.41, 5.74) is 0. The average Bonchev–Trinajstić information content (AvgIpc) is 2.96. The van der Waals surface area contributed by atoms with Crippen LogP contribution in [0.2, 0.25) is 0 Å². The summed E-state index contributed by atoms with van der Waals surface area (Å²) in [7, 11) is 3.66. The molecular weight excluding hydrogens is 278 g/mol. The highest BCUT2D eigenvalue weighted by molar-refractivity contribution is 5.81. The predicted molar refractivity (Wildman–Crippen MR) is 92.1 cm³/mol. The minimum Gasteiger partial charge on any atom is -0.357 e. The second-order valence-corrected chi connectivity index (χ2v) is 5.71. The molecule has 0 spiro atoms. The quantitative estimate of drug-likeness (QED) is 0.299. The Kier molecular flexibility index (Phi) is 8.58. The summed E-state index contributed by atoms with van der Waals surface area (Å²) in [5.74, 6) is 1.05. The highest BCUT2D eigenvalue weighted by Gasteiger charge is 2.30. The van der Waals surface area contributed by atoms with Crippen molar-refractivity contribution < 1.29 is 4.79 Å². The van der Waals surface area contributed by atoms with Crippen LogP contribution < -0.4 is 10.6 Å². The number of nitrogens with one attached hydrogen (secondary N) is 2. The van der Waals surface area contributed by atoms with E-state index in [1.807, 2.05) is 27.1 Å². The van der Waals surface area contributed by atoms with Gasteiger partial charge in [0.25, 0.3) is 0 Å². The zero-order valence-electron chi connectivity index (χ0n) is 14.3. The maximum atomic E-state index is 12.1. The van der Waals surface area contributed by atoms with Crippen LogP contribution in [0.3, 0.4) is 0 Å². The molecule has 1 heterocycles. The Morgan fingerprint density at radius 2 is 2.23 bits per heavy atom. The van der Waals surface area contributed by atoms with Crippen LogP contribution in [0.1, 0.15) is 26.2 Å². The van der Waals surface area contributed by atoms with E-state index in [9.17, 15) is 4.79 Å². The zero-order valence-corrected chi connectivity index (χ0v) is 14.3. The summed E-state index contributed by atoms with van der Waals surface area (Å²) in [6.07, 6.45) is 4.86. The number of hydrogen-bond acceptors (Lipinski definition) is 3. The van der Waals surface area contributed by atoms with Gasteiger partial charge < -0.3 is 15.5 Å². The van der Waals surface area contributed by atoms with Gasteiger partial charge in [0.15, 0.2) is 5.96 Å². The Bertz CT molecular complexity index is 381. The Morgan fingerprint density at radius 3 is 2.86 bits per heavy atom. The van der Waals surface area contributed by atoms with Gasteiger partial charge >= 0.3 is 0 Å². The van der Waals surface area contributed by atoms with Crippen molar-refractivity contribution in [2.24, 2.45) is 4.99 Å². The molecule has 22 heavy (non-hydrogen) atoms. The minimum absolute atomic E-state index is 0.0612. The van der Waals surface area contributed by atoms with Crippen molar-refractivity contribution in [3.63, 3.8) is 0 Å². The third-order valence-corrected chi connectivity index (χ3v) is 3.72. The second-order valence-electron chi connectivity index (χ2n) is 5.71. The van der Waals surface area contributed by atoms with E-state index in [0.717, 1.165) is 51.4 Å². The van der Waals surface area contributed by atoms with Gasteiger partial charge in [0.1, 0.15) is 0 Å². The molecule has 6 nitrogen and oxygen atoms in total. The molecule has 1 saturated heterocycles. The Balaban J connectivity index is 2.38. The summed E-state index contributed by atoms with van der Waals surface area (Å²) in [5, 5.41) is 6.39. The van der Waals surface area contributed by atoms with Crippen LogP contribution >= 0.6 is 0 Å². The smallest absolute Gasteiger partial charge is 0.239 e. The topological polar surface area (TPSA) is 60.0 Å². The molecule has 1 unspecified atom stereocenters. The lowest BCUT2D eigenvalue weighted by Crippen LogP contribution is -2.43. The Morgan fingerprint density at radius 1 is 1.45 bits per heavy atom. The molecule has 1 aliphatic rings. The first-order valence-electron chi connectivity index (χ1n) is 8.18. The normalized spacial score (nSPS) is 19.0. The van der Waals surface area contributed by atoms with Gasteiger partial charge in [-0.25, -0.2) is 0 Å². The number of hydrogen-bond donors (Lipinski definition) is 2. The van der Waals surface area contributed by atoms with Gasteiger partial charge in [-0.1, -0.05) is 6.08 Å². The molecule has 0 aromatic carbocycles. The summed E-state index contributed by atoms with van der Waals surface area (Å²) in [6.45, 7) is 9.99. The van der Waals surface area contributed by atoms with Crippen LogP contribution in [-0.2, 0) is 4.79 Å². The third kappa shape index (κ3) is 6.05. The molecule has 1 aliphatic heterocycles. The van der Waals surface area contributed by atoms with Gasteiger partial charge in [-0.05, 0) is 32.7 Å². The number of nitrogens with zero attached hydrogens (tertiary/aromatic N) is 3. The number of guanidine groups is 1. The number of rotatable bonds is 8. The molecule has 0 aromatic heterocycles. The van der Waals surface area contributed by atoms with E-state index in [2.05, 4.69) is 27.1 Å². The fourth-order valence-electron chi connectivity index (χ4n) is 2.65. The van der Waals surface area contributed by atoms with Gasteiger partial charge in [-0.2, -0.15) is 0 Å². The molecule has 0 aromatic rings. The third-order valence-electron chi connectivity index (χ3n) is 3.72. The molecule has 0 saturated carbocycles. The molecule has 0 aliphatic carbocycles. The first-order valence-corrected chi connectivity index (χ1v) is 8.18. The summed E-state index contributed by atoms with van der Waals surface area (Å²) < 4.78 is 0. The second kappa shape index (κ2) is 10.2. The van der Waals surface area contributed by atoms with Gasteiger partial charge in [0.05, 0.1) is 6.04 Å². The van der Waals surface area contributed by atoms with E-state index in [0.29, 0.717) is 6.54 Å². The van der Waals surface area contributed by atoms with Crippen LogP contribution in [0.25, 0.3) is 0 Å². The molecule has 0 bridgehead atoms. The highest BCUT2D eigenvalue weighted by Crippen LogP contribution is 2.18. The number of amides is 1. The van der Waals surface area contributed by atoms with Crippen molar-refractivity contribution in [1.29, 1.82) is 0 Å². The lowest BCUT2D eigenvalue weighted by Gasteiger charge is -2.25. The van der Waals surface area contributed by atoms with E-state index in [1.165, 1.54) is 0 Å². The summed E-state index contributed by atoms with van der Waals surface area (Å²) in [6, 6.07) is 0.0612. The lowest BCUT2D eigenvalue weighted by molar-refractivity contribution is -0.133. The van der Waals surface area contributed by atoms with Crippen LogP contribution in [0.5, 0.6) is 0 Å². The van der Waals surface area contributed by atoms with Gasteiger partial charge in [-0.3, -0.25) is 14.7 Å². The maximum Gasteiger partial charge on any atom is 0.239 e. The molecule has 1 fully saturated rings. The number of likely N-dealkylation sites (tertiary alicyclic amines) is 1. The van der Waals surface area contributed by atoms with Crippen LogP contribution in [0, 0.1) is 0 Å². The van der Waals surface area contributed by atoms with E-state index in [-0.39, 0.29) is 11.9 Å². The number of carbonyl (C=O) groups is 1. The van der Waals surface area contributed by atoms with Crippen LogP contribution in [0.15, 0.2) is 17.6 Å². The van der Waals surface area contributed by atoms with Gasteiger partial charge in [0, 0.05) is 40.3 Å². The van der Waals surface area contributed by atoms with E-state index < -0.39 is 0 Å². The first kappa shape index (κ1) is 18.5. The van der Waals surface area contributed by atoms with Crippen molar-refractivity contribution in [3.05, 3.63) is 12.7 Å². The molecule has 1 amide bonds. The van der Waals surface area contributed by atoms with Crippen LogP contribution in [0.4, 0.5) is 0 Å². The van der Waals surface area contributed by atoms with Crippen molar-refractivity contribution in [2.75, 3.05) is 46.8 Å². The molecular formula is C16H31N5O. The zero-order chi connectivity index (χ0) is 16.4. The molecule has 0 radical (unpaired) electrons. The maximum absolute atomic E-state index is 12.1. The molecule has 6 heteroatoms. The predicted octanol–water partition coefficient (Wildman–Crippen LogP) is 0.670. The SMILES string of the molecule is C=CCNC(=NCCCN1CCCC1C(=O)N(C)C)NCC. The fraction of sp³-hybridized carbons (Fsp3) is 0.750. The largest absolute Gasteiger partial charge is 0.357 e. The Labute approximate surface area is 134 Å². The summed E-state index contributed by atoms with van der Waals surface area (Å²) >= 11 is 0. The Hall–Kier alpha value is -1.56. The van der Waals surface area contributed by atoms with E-state index in [1.54, 1.807) is 4.90 Å². The van der Waals surface area contributed by atoms with Crippen molar-refractivity contribution in [1.82, 2.24) is 20.4 Å². The first-order chi connectivity index (χ1) is 10.6. The number of aliphatic imine (C=N–C) groups is 1. The lowest BCUT2D eigenvalue weighted by atomic mass is 10.2. The number of carbonyl (C=O) groups excluding carboxylic acids is 1. The molecule has 1 atom stereocenters. The molecule has 126 valence electrons. The molecule has 2 N–H and O–H groups in total. The van der Waals surface area contributed by atoms with E-state index >= 15 is 0 Å². The van der Waals surface area contributed by atoms with Crippen molar-refractivity contribution in [2.45, 2.75) is 32.2 Å². The summed E-state index contributed by atoms with van der Waals surface area (Å²) in [4.78, 5) is 20.7. The van der Waals surface area contributed by atoms with Gasteiger partial charge in [-0.15, -0.1) is 6.58 Å². The molecule has 1 rings (SSSR count). The highest BCUT2D eigenvalue weighted by atomic mass is 16.2. The monoisotopic (exact) mass is 309 g/mol. The number of likely N-dealkylation sites (N-methyl/N-ethyl adjacent to an activating group) is 1. The van der Waals surface area contributed by atoms with Crippen molar-refractivity contribution in [3.8, 4) is 0 Å². The average molecular weight is 309 g/mol. The van der Waals surface area contributed by atoms with Crippen molar-refractivity contribution >= 4 is 11.9 Å². The fourth-order valence-corrected chi connectivity index (χ4v) is 2.65. The minimum atomic E-state index is 0.0612.